The summed E-state index contributed by atoms with van der Waals surface area (Å²) in [6.07, 6.45) is 4.85. The van der Waals surface area contributed by atoms with Crippen LogP contribution in [0.3, 0.4) is 0 Å². The van der Waals surface area contributed by atoms with Crippen molar-refractivity contribution in [1.82, 2.24) is 19.6 Å². The second kappa shape index (κ2) is 10.3. The molecule has 2 N–H and O–H groups in total. The molecule has 9 heteroatoms. The topological polar surface area (TPSA) is 85.3 Å². The largest absolute Gasteiger partial charge is 0.492 e. The van der Waals surface area contributed by atoms with Crippen LogP contribution in [0.1, 0.15) is 22.6 Å². The van der Waals surface area contributed by atoms with E-state index >= 15 is 0 Å². The van der Waals surface area contributed by atoms with Gasteiger partial charge in [0.25, 0.3) is 10.0 Å². The molecule has 2 atom stereocenters. The summed E-state index contributed by atoms with van der Waals surface area (Å²) in [5.41, 5.74) is 3.85. The minimum absolute atomic E-state index is 0.00182. The third kappa shape index (κ3) is 5.76. The summed E-state index contributed by atoms with van der Waals surface area (Å²) in [5.74, 6) is 1.59. The predicted molar refractivity (Wildman–Crippen MR) is 129 cm³/mol. The van der Waals surface area contributed by atoms with Gasteiger partial charge in [-0.1, -0.05) is 29.8 Å². The zero-order chi connectivity index (χ0) is 23.4. The van der Waals surface area contributed by atoms with Gasteiger partial charge in [0.1, 0.15) is 12.4 Å². The Morgan fingerprint density at radius 1 is 1.24 bits per heavy atom. The van der Waals surface area contributed by atoms with Crippen molar-refractivity contribution in [2.75, 3.05) is 26.7 Å². The maximum Gasteiger partial charge on any atom is 0.259 e. The van der Waals surface area contributed by atoms with E-state index in [0.717, 1.165) is 30.2 Å². The van der Waals surface area contributed by atoms with E-state index in [-0.39, 0.29) is 18.2 Å². The molecule has 33 heavy (non-hydrogen) atoms. The lowest BCUT2D eigenvalue weighted by molar-refractivity contribution is 0.322. The van der Waals surface area contributed by atoms with Crippen molar-refractivity contribution >= 4 is 21.6 Å². The molecule has 0 fully saturated rings. The number of aromatic nitrogens is 2. The van der Waals surface area contributed by atoms with Crippen LogP contribution in [0, 0.1) is 5.92 Å². The Morgan fingerprint density at radius 3 is 2.82 bits per heavy atom. The summed E-state index contributed by atoms with van der Waals surface area (Å²) in [4.78, 5) is 3.89. The fourth-order valence-corrected chi connectivity index (χ4v) is 5.69. The van der Waals surface area contributed by atoms with Crippen LogP contribution < -0.4 is 14.8 Å². The van der Waals surface area contributed by atoms with Crippen LogP contribution in [0.4, 0.5) is 0 Å². The predicted octanol–water partition coefficient (Wildman–Crippen LogP) is 3.15. The van der Waals surface area contributed by atoms with Crippen molar-refractivity contribution in [3.8, 4) is 5.75 Å². The van der Waals surface area contributed by atoms with Crippen LogP contribution in [0.25, 0.3) is 0 Å². The lowest BCUT2D eigenvalue weighted by atomic mass is 9.86. The number of imidazole rings is 1. The van der Waals surface area contributed by atoms with E-state index in [4.69, 9.17) is 16.3 Å². The Labute approximate surface area is 200 Å². The van der Waals surface area contributed by atoms with Gasteiger partial charge in [0, 0.05) is 24.8 Å². The number of halogens is 1. The van der Waals surface area contributed by atoms with Crippen molar-refractivity contribution in [2.24, 2.45) is 13.0 Å². The molecule has 0 aliphatic heterocycles. The number of nitrogens with zero attached hydrogens (tertiary/aromatic N) is 2. The standard InChI is InChI=1S/C24H29ClN4O3S/c1-26-14-19-12-18-6-7-21(13-23(18)22(19)11-17-4-3-5-20(25)10-17)32-9-8-28-33(30,31)24-15-29(2)16-27-24/h3-7,10,13,15-16,19,22,26,28H,8-9,11-12,14H2,1-2H3. The number of nitrogens with one attached hydrogen (secondary N) is 2. The Morgan fingerprint density at radius 2 is 2.09 bits per heavy atom. The van der Waals surface area contributed by atoms with Gasteiger partial charge in [-0.15, -0.1) is 0 Å². The van der Waals surface area contributed by atoms with Crippen LogP contribution in [-0.2, 0) is 29.9 Å². The van der Waals surface area contributed by atoms with E-state index in [9.17, 15) is 8.42 Å². The van der Waals surface area contributed by atoms with E-state index in [1.165, 1.54) is 29.2 Å². The highest BCUT2D eigenvalue weighted by Crippen LogP contribution is 2.41. The first kappa shape index (κ1) is 23.8. The number of benzene rings is 2. The SMILES string of the molecule is CNCC1Cc2ccc(OCCNS(=O)(=O)c3cn(C)cn3)cc2C1Cc1cccc(Cl)c1. The van der Waals surface area contributed by atoms with E-state index in [0.29, 0.717) is 11.8 Å². The van der Waals surface area contributed by atoms with Gasteiger partial charge in [-0.3, -0.25) is 0 Å². The Hall–Kier alpha value is -2.39. The summed E-state index contributed by atoms with van der Waals surface area (Å²) in [7, 11) is 0.0684. The third-order valence-corrected chi connectivity index (χ3v) is 7.58. The number of hydrogen-bond donors (Lipinski definition) is 2. The number of sulfonamides is 1. The Balaban J connectivity index is 1.42. The van der Waals surface area contributed by atoms with Gasteiger partial charge in [-0.25, -0.2) is 18.1 Å². The highest BCUT2D eigenvalue weighted by molar-refractivity contribution is 7.89. The first-order chi connectivity index (χ1) is 15.9. The maximum atomic E-state index is 12.3. The number of aryl methyl sites for hydroxylation is 1. The fraction of sp³-hybridized carbons (Fsp3) is 0.375. The molecular formula is C24H29ClN4O3S. The number of hydrogen-bond acceptors (Lipinski definition) is 5. The molecule has 0 spiro atoms. The fourth-order valence-electron chi connectivity index (χ4n) is 4.49. The molecule has 1 aliphatic carbocycles. The summed E-state index contributed by atoms with van der Waals surface area (Å²) < 4.78 is 34.6. The zero-order valence-corrected chi connectivity index (χ0v) is 20.4. The van der Waals surface area contributed by atoms with Gasteiger partial charge in [0.2, 0.25) is 0 Å². The second-order valence-electron chi connectivity index (χ2n) is 8.45. The first-order valence-corrected chi connectivity index (χ1v) is 12.8. The molecule has 1 aromatic heterocycles. The number of ether oxygens (including phenoxy) is 1. The smallest absolute Gasteiger partial charge is 0.259 e. The zero-order valence-electron chi connectivity index (χ0n) is 18.8. The molecule has 2 unspecified atom stereocenters. The van der Waals surface area contributed by atoms with Gasteiger partial charge in [-0.2, -0.15) is 0 Å². The molecule has 4 rings (SSSR count). The molecule has 2 aromatic carbocycles. The summed E-state index contributed by atoms with van der Waals surface area (Å²) in [5, 5.41) is 4.08. The molecule has 1 aliphatic rings. The Bertz CT molecular complexity index is 1210. The highest BCUT2D eigenvalue weighted by atomic mass is 35.5. The van der Waals surface area contributed by atoms with Gasteiger partial charge in [-0.05, 0) is 79.2 Å². The van der Waals surface area contributed by atoms with Crippen molar-refractivity contribution < 1.29 is 13.2 Å². The van der Waals surface area contributed by atoms with Crippen LogP contribution in [0.2, 0.25) is 5.02 Å². The van der Waals surface area contributed by atoms with Crippen LogP contribution >= 0.6 is 11.6 Å². The molecule has 0 bridgehead atoms. The molecule has 1 heterocycles. The van der Waals surface area contributed by atoms with Crippen molar-refractivity contribution in [2.45, 2.75) is 23.8 Å². The minimum Gasteiger partial charge on any atom is -0.492 e. The van der Waals surface area contributed by atoms with E-state index in [2.05, 4.69) is 33.2 Å². The van der Waals surface area contributed by atoms with Crippen molar-refractivity contribution in [3.63, 3.8) is 0 Å². The average Bonchev–Trinajstić information content (AvgIpc) is 3.36. The summed E-state index contributed by atoms with van der Waals surface area (Å²) in [6.45, 7) is 1.32. The van der Waals surface area contributed by atoms with Crippen molar-refractivity contribution in [1.29, 1.82) is 0 Å². The minimum atomic E-state index is -3.64. The molecular weight excluding hydrogens is 460 g/mol. The van der Waals surface area contributed by atoms with E-state index < -0.39 is 10.0 Å². The molecule has 176 valence electrons. The summed E-state index contributed by atoms with van der Waals surface area (Å²) >= 11 is 6.21. The van der Waals surface area contributed by atoms with Gasteiger partial charge >= 0.3 is 0 Å². The van der Waals surface area contributed by atoms with Crippen LogP contribution in [-0.4, -0.2) is 44.7 Å². The van der Waals surface area contributed by atoms with Gasteiger partial charge in [0.15, 0.2) is 5.03 Å². The monoisotopic (exact) mass is 488 g/mol. The number of fused-ring (bicyclic) bond motifs is 1. The number of rotatable bonds is 10. The lowest BCUT2D eigenvalue weighted by Crippen LogP contribution is -2.28. The lowest BCUT2D eigenvalue weighted by Gasteiger charge is -2.21. The van der Waals surface area contributed by atoms with Crippen molar-refractivity contribution in [3.05, 3.63) is 76.7 Å². The molecule has 7 nitrogen and oxygen atoms in total. The van der Waals surface area contributed by atoms with Gasteiger partial charge in [0.05, 0.1) is 6.33 Å². The van der Waals surface area contributed by atoms with E-state index in [1.807, 2.05) is 31.3 Å². The molecule has 0 saturated carbocycles. The average molecular weight is 489 g/mol. The molecule has 0 saturated heterocycles. The second-order valence-corrected chi connectivity index (χ2v) is 10.6. The third-order valence-electron chi connectivity index (χ3n) is 6.00. The quantitative estimate of drug-likeness (QED) is 0.428. The summed E-state index contributed by atoms with van der Waals surface area (Å²) in [6, 6.07) is 14.2. The molecule has 0 amide bonds. The molecule has 3 aromatic rings. The van der Waals surface area contributed by atoms with Crippen LogP contribution in [0.15, 0.2) is 60.0 Å². The molecule has 0 radical (unpaired) electrons. The van der Waals surface area contributed by atoms with Gasteiger partial charge < -0.3 is 14.6 Å². The van der Waals surface area contributed by atoms with Crippen LogP contribution in [0.5, 0.6) is 5.75 Å². The highest BCUT2D eigenvalue weighted by Gasteiger charge is 2.32. The van der Waals surface area contributed by atoms with E-state index in [1.54, 1.807) is 11.6 Å². The Kier molecular flexibility index (Phi) is 7.38. The first-order valence-electron chi connectivity index (χ1n) is 11.0. The maximum absolute atomic E-state index is 12.3. The normalized spacial score (nSPS) is 17.8.